The molecule has 1 saturated carbocycles. The molecule has 0 saturated heterocycles. The molecule has 0 atom stereocenters. The van der Waals surface area contributed by atoms with E-state index in [4.69, 9.17) is 28.3 Å². The van der Waals surface area contributed by atoms with Gasteiger partial charge in [-0.3, -0.25) is 4.79 Å². The molecule has 17 heavy (non-hydrogen) atoms. The smallest absolute Gasteiger partial charge is 0.225 e. The Labute approximate surface area is 110 Å². The van der Waals surface area contributed by atoms with Gasteiger partial charge in [-0.25, -0.2) is 0 Å². The van der Waals surface area contributed by atoms with Crippen LogP contribution in [0.5, 0.6) is 0 Å². The maximum absolute atomic E-state index is 11.8. The molecule has 1 aromatic rings. The fraction of sp³-hybridized carbons (Fsp3) is 0.417. The normalized spacial score (nSPS) is 16.6. The van der Waals surface area contributed by atoms with Gasteiger partial charge in [-0.2, -0.15) is 0 Å². The zero-order valence-electron chi connectivity index (χ0n) is 9.17. The summed E-state index contributed by atoms with van der Waals surface area (Å²) in [5, 5.41) is 12.9. The van der Waals surface area contributed by atoms with Gasteiger partial charge in [-0.05, 0) is 30.5 Å². The van der Waals surface area contributed by atoms with Gasteiger partial charge in [0.15, 0.2) is 0 Å². The number of halogens is 2. The van der Waals surface area contributed by atoms with Crippen molar-refractivity contribution in [3.8, 4) is 0 Å². The number of nitrogens with one attached hydrogen (secondary N) is 1. The van der Waals surface area contributed by atoms with E-state index in [-0.39, 0.29) is 18.9 Å². The quantitative estimate of drug-likeness (QED) is 0.884. The second kappa shape index (κ2) is 4.84. The van der Waals surface area contributed by atoms with Gasteiger partial charge in [0, 0.05) is 10.0 Å². The largest absolute Gasteiger partial charge is 0.394 e. The summed E-state index contributed by atoms with van der Waals surface area (Å²) in [7, 11) is 0. The minimum atomic E-state index is -0.398. The number of benzene rings is 1. The van der Waals surface area contributed by atoms with E-state index in [1.165, 1.54) is 0 Å². The van der Waals surface area contributed by atoms with Crippen LogP contribution >= 0.6 is 23.2 Å². The van der Waals surface area contributed by atoms with E-state index < -0.39 is 5.54 Å². The van der Waals surface area contributed by atoms with E-state index in [2.05, 4.69) is 5.32 Å². The number of aliphatic hydroxyl groups is 1. The maximum Gasteiger partial charge on any atom is 0.225 e. The summed E-state index contributed by atoms with van der Waals surface area (Å²) in [6.07, 6.45) is 1.79. The van der Waals surface area contributed by atoms with Crippen molar-refractivity contribution in [1.29, 1.82) is 0 Å². The average Bonchev–Trinajstić information content (AvgIpc) is 3.04. The van der Waals surface area contributed by atoms with Crippen LogP contribution in [0, 0.1) is 0 Å². The molecule has 3 nitrogen and oxygen atoms in total. The standard InChI is InChI=1S/C12H13Cl2NO2/c13-9-2-1-3-10(14)8(9)6-11(17)15-12(7-16)4-5-12/h1-3,16H,4-7H2,(H,15,17). The monoisotopic (exact) mass is 273 g/mol. The Balaban J connectivity index is 2.03. The number of hydrogen-bond donors (Lipinski definition) is 2. The van der Waals surface area contributed by atoms with Crippen LogP contribution in [-0.2, 0) is 11.2 Å². The third-order valence-electron chi connectivity index (χ3n) is 2.96. The summed E-state index contributed by atoms with van der Waals surface area (Å²) in [4.78, 5) is 11.8. The van der Waals surface area contributed by atoms with Gasteiger partial charge < -0.3 is 10.4 Å². The first-order valence-corrected chi connectivity index (χ1v) is 6.17. The highest BCUT2D eigenvalue weighted by molar-refractivity contribution is 6.36. The summed E-state index contributed by atoms with van der Waals surface area (Å²) < 4.78 is 0. The lowest BCUT2D eigenvalue weighted by molar-refractivity contribution is -0.121. The van der Waals surface area contributed by atoms with Crippen molar-refractivity contribution in [2.45, 2.75) is 24.8 Å². The lowest BCUT2D eigenvalue weighted by Crippen LogP contribution is -2.40. The minimum Gasteiger partial charge on any atom is -0.394 e. The molecule has 0 bridgehead atoms. The predicted molar refractivity (Wildman–Crippen MR) is 67.4 cm³/mol. The third kappa shape index (κ3) is 2.92. The van der Waals surface area contributed by atoms with Crippen molar-refractivity contribution in [3.63, 3.8) is 0 Å². The minimum absolute atomic E-state index is 0.0189. The number of aliphatic hydroxyl groups excluding tert-OH is 1. The Bertz CT molecular complexity index is 424. The number of amides is 1. The molecular formula is C12H13Cl2NO2. The molecular weight excluding hydrogens is 261 g/mol. The summed E-state index contributed by atoms with van der Waals surface area (Å²) in [5.74, 6) is -0.161. The zero-order valence-corrected chi connectivity index (χ0v) is 10.7. The van der Waals surface area contributed by atoms with Crippen LogP contribution in [0.4, 0.5) is 0 Å². The molecule has 0 aliphatic heterocycles. The third-order valence-corrected chi connectivity index (χ3v) is 3.67. The first-order valence-electron chi connectivity index (χ1n) is 5.41. The SMILES string of the molecule is O=C(Cc1c(Cl)cccc1Cl)NC1(CO)CC1. The van der Waals surface area contributed by atoms with E-state index in [1.54, 1.807) is 18.2 Å². The highest BCUT2D eigenvalue weighted by Crippen LogP contribution is 2.34. The summed E-state index contributed by atoms with van der Waals surface area (Å²) in [6.45, 7) is -0.0189. The van der Waals surface area contributed by atoms with Crippen molar-refractivity contribution in [3.05, 3.63) is 33.8 Å². The first-order chi connectivity index (χ1) is 8.06. The molecule has 0 radical (unpaired) electrons. The van der Waals surface area contributed by atoms with Gasteiger partial charge in [-0.15, -0.1) is 0 Å². The molecule has 0 aromatic heterocycles. The highest BCUT2D eigenvalue weighted by atomic mass is 35.5. The molecule has 1 aliphatic rings. The van der Waals surface area contributed by atoms with E-state index in [0.29, 0.717) is 15.6 Å². The number of rotatable bonds is 4. The molecule has 2 N–H and O–H groups in total. The van der Waals surface area contributed by atoms with Crippen LogP contribution in [0.25, 0.3) is 0 Å². The van der Waals surface area contributed by atoms with Crippen LogP contribution in [0.15, 0.2) is 18.2 Å². The molecule has 5 heteroatoms. The highest BCUT2D eigenvalue weighted by Gasteiger charge is 2.43. The van der Waals surface area contributed by atoms with Crippen LogP contribution in [0.3, 0.4) is 0 Å². The summed E-state index contributed by atoms with van der Waals surface area (Å²) >= 11 is 12.0. The van der Waals surface area contributed by atoms with Gasteiger partial charge >= 0.3 is 0 Å². The van der Waals surface area contributed by atoms with E-state index in [1.807, 2.05) is 0 Å². The van der Waals surface area contributed by atoms with Crippen LogP contribution in [0.2, 0.25) is 10.0 Å². The number of carbonyl (C=O) groups excluding carboxylic acids is 1. The van der Waals surface area contributed by atoms with Crippen LogP contribution in [-0.4, -0.2) is 23.2 Å². The Morgan fingerprint density at radius 3 is 2.41 bits per heavy atom. The van der Waals surface area contributed by atoms with Gasteiger partial charge in [0.1, 0.15) is 0 Å². The van der Waals surface area contributed by atoms with Crippen molar-refractivity contribution >= 4 is 29.1 Å². The fourth-order valence-corrected chi connectivity index (χ4v) is 2.21. The molecule has 1 fully saturated rings. The summed E-state index contributed by atoms with van der Waals surface area (Å²) in [6, 6.07) is 5.14. The second-order valence-electron chi connectivity index (χ2n) is 4.36. The lowest BCUT2D eigenvalue weighted by atomic mass is 10.1. The molecule has 92 valence electrons. The van der Waals surface area contributed by atoms with Crippen molar-refractivity contribution in [2.24, 2.45) is 0 Å². The Kier molecular flexibility index (Phi) is 3.61. The Hall–Kier alpha value is -0.770. The molecule has 1 aliphatic carbocycles. The molecule has 1 amide bonds. The van der Waals surface area contributed by atoms with Crippen LogP contribution in [0.1, 0.15) is 18.4 Å². The van der Waals surface area contributed by atoms with Crippen molar-refractivity contribution in [2.75, 3.05) is 6.61 Å². The van der Waals surface area contributed by atoms with E-state index in [0.717, 1.165) is 12.8 Å². The maximum atomic E-state index is 11.8. The van der Waals surface area contributed by atoms with Gasteiger partial charge in [-0.1, -0.05) is 29.3 Å². The first kappa shape index (κ1) is 12.7. The molecule has 0 unspecified atom stereocenters. The van der Waals surface area contributed by atoms with E-state index >= 15 is 0 Å². The van der Waals surface area contributed by atoms with Gasteiger partial charge in [0.05, 0.1) is 18.6 Å². The lowest BCUT2D eigenvalue weighted by Gasteiger charge is -2.15. The van der Waals surface area contributed by atoms with Crippen LogP contribution < -0.4 is 5.32 Å². The fourth-order valence-electron chi connectivity index (χ4n) is 1.68. The molecule has 2 rings (SSSR count). The molecule has 0 spiro atoms. The van der Waals surface area contributed by atoms with Gasteiger partial charge in [0.25, 0.3) is 0 Å². The van der Waals surface area contributed by atoms with E-state index in [9.17, 15) is 4.79 Å². The second-order valence-corrected chi connectivity index (χ2v) is 5.18. The van der Waals surface area contributed by atoms with Gasteiger partial charge in [0.2, 0.25) is 5.91 Å². The predicted octanol–water partition coefficient (Wildman–Crippen LogP) is 2.18. The summed E-state index contributed by atoms with van der Waals surface area (Å²) in [5.41, 5.74) is 0.229. The Morgan fingerprint density at radius 1 is 1.35 bits per heavy atom. The average molecular weight is 274 g/mol. The molecule has 1 aromatic carbocycles. The van der Waals surface area contributed by atoms with Crippen molar-refractivity contribution < 1.29 is 9.90 Å². The Morgan fingerprint density at radius 2 is 1.94 bits per heavy atom. The zero-order chi connectivity index (χ0) is 12.5. The number of carbonyl (C=O) groups is 1. The topological polar surface area (TPSA) is 49.3 Å². The van der Waals surface area contributed by atoms with Crippen molar-refractivity contribution in [1.82, 2.24) is 5.32 Å². The molecule has 0 heterocycles. The number of hydrogen-bond acceptors (Lipinski definition) is 2.